The van der Waals surface area contributed by atoms with E-state index in [1.165, 1.54) is 18.2 Å². The van der Waals surface area contributed by atoms with Crippen molar-refractivity contribution in [1.29, 1.82) is 0 Å². The number of aliphatic carboxylic acids is 1. The molecule has 8 heteroatoms. The molecular weight excluding hydrogens is 316 g/mol. The van der Waals surface area contributed by atoms with Crippen molar-refractivity contribution in [1.82, 2.24) is 0 Å². The number of amides is 1. The van der Waals surface area contributed by atoms with E-state index in [9.17, 15) is 24.8 Å². The Bertz CT molecular complexity index is 685. The van der Waals surface area contributed by atoms with Crippen molar-refractivity contribution in [2.24, 2.45) is 11.8 Å². The van der Waals surface area contributed by atoms with Crippen LogP contribution < -0.4 is 15.2 Å². The Kier molecular flexibility index (Phi) is 5.51. The second kappa shape index (κ2) is 7.58. The lowest BCUT2D eigenvalue weighted by molar-refractivity contribution is -0.384. The molecule has 0 unspecified atom stereocenters. The minimum atomic E-state index is -1.30. The summed E-state index contributed by atoms with van der Waals surface area (Å²) < 4.78 is 5.21. The highest BCUT2D eigenvalue weighted by Crippen LogP contribution is 2.31. The maximum absolute atomic E-state index is 12.4. The lowest BCUT2D eigenvalue weighted by atomic mass is 9.82. The number of hydrogen-bond donors (Lipinski definition) is 1. The fraction of sp³-hybridized carbons (Fsp3) is 0.375. The largest absolute Gasteiger partial charge is 0.550 e. The number of nitrogens with zero attached hydrogens (tertiary/aromatic N) is 1. The maximum atomic E-state index is 12.4. The van der Waals surface area contributed by atoms with Crippen molar-refractivity contribution in [3.05, 3.63) is 40.5 Å². The molecule has 1 amide bonds. The Balaban J connectivity index is 2.23. The molecule has 1 aliphatic carbocycles. The molecule has 1 aromatic rings. The average Bonchev–Trinajstić information content (AvgIpc) is 2.56. The van der Waals surface area contributed by atoms with Gasteiger partial charge in [0.2, 0.25) is 5.91 Å². The predicted molar refractivity (Wildman–Crippen MR) is 83.3 cm³/mol. The quantitative estimate of drug-likeness (QED) is 0.475. The molecule has 0 fully saturated rings. The van der Waals surface area contributed by atoms with Crippen LogP contribution in [0.25, 0.3) is 0 Å². The molecule has 0 heterocycles. The molecule has 0 radical (unpaired) electrons. The lowest BCUT2D eigenvalue weighted by Gasteiger charge is -2.28. The van der Waals surface area contributed by atoms with E-state index >= 15 is 0 Å². The van der Waals surface area contributed by atoms with E-state index in [2.05, 4.69) is 5.32 Å². The number of carbonyl (C=O) groups excluding carboxylic acids is 2. The number of carbonyl (C=O) groups is 2. The van der Waals surface area contributed by atoms with Gasteiger partial charge >= 0.3 is 0 Å². The van der Waals surface area contributed by atoms with Crippen molar-refractivity contribution in [2.45, 2.75) is 19.8 Å². The summed E-state index contributed by atoms with van der Waals surface area (Å²) >= 11 is 0. The number of carboxylic acids is 1. The number of anilines is 1. The van der Waals surface area contributed by atoms with Gasteiger partial charge < -0.3 is 20.0 Å². The molecule has 0 bridgehead atoms. The molecule has 2 atom stereocenters. The molecule has 0 saturated carbocycles. The van der Waals surface area contributed by atoms with Gasteiger partial charge in [0.1, 0.15) is 11.4 Å². The van der Waals surface area contributed by atoms with Gasteiger partial charge in [0, 0.05) is 11.9 Å². The molecule has 1 aliphatic rings. The van der Waals surface area contributed by atoms with Gasteiger partial charge in [-0.05, 0) is 31.9 Å². The summed E-state index contributed by atoms with van der Waals surface area (Å²) in [5, 5.41) is 24.8. The van der Waals surface area contributed by atoms with E-state index in [0.29, 0.717) is 12.4 Å². The number of rotatable bonds is 6. The highest BCUT2D eigenvalue weighted by molar-refractivity contribution is 5.97. The number of nitro benzene ring substituents is 1. The first-order chi connectivity index (χ1) is 11.4. The smallest absolute Gasteiger partial charge is 0.296 e. The van der Waals surface area contributed by atoms with E-state index in [1.54, 1.807) is 19.1 Å². The third-order valence-corrected chi connectivity index (χ3v) is 3.81. The van der Waals surface area contributed by atoms with Crippen LogP contribution in [0.15, 0.2) is 30.4 Å². The number of hydrogen-bond acceptors (Lipinski definition) is 6. The van der Waals surface area contributed by atoms with Crippen LogP contribution in [0.1, 0.15) is 19.8 Å². The van der Waals surface area contributed by atoms with E-state index in [-0.39, 0.29) is 24.2 Å². The molecule has 2 rings (SSSR count). The van der Waals surface area contributed by atoms with Gasteiger partial charge in [-0.25, -0.2) is 0 Å². The van der Waals surface area contributed by atoms with Gasteiger partial charge in [0.05, 0.1) is 23.5 Å². The lowest BCUT2D eigenvalue weighted by Crippen LogP contribution is -2.41. The highest BCUT2D eigenvalue weighted by atomic mass is 16.6. The van der Waals surface area contributed by atoms with Gasteiger partial charge in [-0.15, -0.1) is 0 Å². The van der Waals surface area contributed by atoms with Crippen molar-refractivity contribution in [2.75, 3.05) is 11.9 Å². The molecule has 1 N–H and O–H groups in total. The number of nitrogens with one attached hydrogen (secondary N) is 1. The van der Waals surface area contributed by atoms with Crippen LogP contribution in [-0.2, 0) is 9.59 Å². The summed E-state index contributed by atoms with van der Waals surface area (Å²) in [6, 6.07) is 4.09. The monoisotopic (exact) mass is 333 g/mol. The standard InChI is InChI=1S/C16H18N2O6/c1-2-24-10-7-8-13(14(9-10)18(22)23)17-15(19)11-5-3-4-6-12(11)16(20)21/h3-4,7-9,11-12H,2,5-6H2,1H3,(H,17,19)(H,20,21)/p-1/t11-,12-/m1/s1. The van der Waals surface area contributed by atoms with Crippen LogP contribution in [0.3, 0.4) is 0 Å². The van der Waals surface area contributed by atoms with Crippen LogP contribution in [0, 0.1) is 22.0 Å². The van der Waals surface area contributed by atoms with Crippen molar-refractivity contribution < 1.29 is 24.4 Å². The minimum Gasteiger partial charge on any atom is -0.550 e. The van der Waals surface area contributed by atoms with Crippen molar-refractivity contribution in [3.8, 4) is 5.75 Å². The first-order valence-corrected chi connectivity index (χ1v) is 7.52. The average molecular weight is 333 g/mol. The van der Waals surface area contributed by atoms with E-state index in [4.69, 9.17) is 4.74 Å². The molecule has 1 aromatic carbocycles. The predicted octanol–water partition coefficient (Wildman–Crippen LogP) is 1.26. The number of ether oxygens (including phenoxy) is 1. The number of benzene rings is 1. The van der Waals surface area contributed by atoms with E-state index in [1.807, 2.05) is 0 Å². The van der Waals surface area contributed by atoms with Gasteiger partial charge in [-0.1, -0.05) is 12.2 Å². The normalized spacial score (nSPS) is 19.5. The van der Waals surface area contributed by atoms with Crippen LogP contribution in [-0.4, -0.2) is 23.4 Å². The zero-order chi connectivity index (χ0) is 17.7. The Morgan fingerprint density at radius 2 is 1.96 bits per heavy atom. The Morgan fingerprint density at radius 3 is 2.54 bits per heavy atom. The SMILES string of the molecule is CCOc1ccc(NC(=O)[C@@H]2CC=CC[C@H]2C(=O)[O-])c([N+](=O)[O-])c1. The minimum absolute atomic E-state index is 0.0000964. The van der Waals surface area contributed by atoms with Crippen LogP contribution in [0.5, 0.6) is 5.75 Å². The second-order valence-electron chi connectivity index (χ2n) is 5.33. The molecule has 0 aromatic heterocycles. The third-order valence-electron chi connectivity index (χ3n) is 3.81. The zero-order valence-corrected chi connectivity index (χ0v) is 13.1. The molecule has 0 saturated heterocycles. The zero-order valence-electron chi connectivity index (χ0n) is 13.1. The summed E-state index contributed by atoms with van der Waals surface area (Å²) in [5.74, 6) is -3.35. The number of carboxylic acid groups (broad SMARTS) is 1. The summed E-state index contributed by atoms with van der Waals surface area (Å²) in [4.78, 5) is 34.1. The molecular formula is C16H17N2O6-. The Labute approximate surface area is 138 Å². The van der Waals surface area contributed by atoms with Crippen LogP contribution in [0.4, 0.5) is 11.4 Å². The first kappa shape index (κ1) is 17.5. The first-order valence-electron chi connectivity index (χ1n) is 7.52. The van der Waals surface area contributed by atoms with Crippen molar-refractivity contribution in [3.63, 3.8) is 0 Å². The molecule has 24 heavy (non-hydrogen) atoms. The summed E-state index contributed by atoms with van der Waals surface area (Å²) in [6.45, 7) is 2.10. The second-order valence-corrected chi connectivity index (χ2v) is 5.33. The summed E-state index contributed by atoms with van der Waals surface area (Å²) in [5.41, 5.74) is -0.314. The maximum Gasteiger partial charge on any atom is 0.296 e. The van der Waals surface area contributed by atoms with Gasteiger partial charge in [-0.3, -0.25) is 14.9 Å². The Hall–Kier alpha value is -2.90. The molecule has 8 nitrogen and oxygen atoms in total. The summed E-state index contributed by atoms with van der Waals surface area (Å²) in [7, 11) is 0. The van der Waals surface area contributed by atoms with E-state index in [0.717, 1.165) is 0 Å². The summed E-state index contributed by atoms with van der Waals surface area (Å²) in [6.07, 6.45) is 3.85. The molecule has 0 spiro atoms. The number of nitro groups is 1. The fourth-order valence-corrected chi connectivity index (χ4v) is 2.61. The molecule has 128 valence electrons. The highest BCUT2D eigenvalue weighted by Gasteiger charge is 2.31. The molecule has 0 aliphatic heterocycles. The van der Waals surface area contributed by atoms with Gasteiger partial charge in [0.15, 0.2) is 0 Å². The van der Waals surface area contributed by atoms with Crippen LogP contribution in [0.2, 0.25) is 0 Å². The Morgan fingerprint density at radius 1 is 1.29 bits per heavy atom. The van der Waals surface area contributed by atoms with Gasteiger partial charge in [-0.2, -0.15) is 0 Å². The fourth-order valence-electron chi connectivity index (χ4n) is 2.61. The van der Waals surface area contributed by atoms with Gasteiger partial charge in [0.25, 0.3) is 5.69 Å². The third kappa shape index (κ3) is 3.89. The number of allylic oxidation sites excluding steroid dienone is 2. The topological polar surface area (TPSA) is 122 Å². The van der Waals surface area contributed by atoms with Crippen LogP contribution >= 0.6 is 0 Å². The van der Waals surface area contributed by atoms with E-state index < -0.39 is 28.6 Å². The van der Waals surface area contributed by atoms with Crippen molar-refractivity contribution >= 4 is 23.3 Å².